The van der Waals surface area contributed by atoms with Gasteiger partial charge in [-0.25, -0.2) is 9.78 Å². The Bertz CT molecular complexity index is 774. The van der Waals surface area contributed by atoms with Crippen molar-refractivity contribution in [2.24, 2.45) is 0 Å². The normalized spacial score (nSPS) is 14.6. The van der Waals surface area contributed by atoms with E-state index < -0.39 is 6.09 Å². The molecule has 28 heavy (non-hydrogen) atoms. The van der Waals surface area contributed by atoms with E-state index in [-0.39, 0.29) is 0 Å². The van der Waals surface area contributed by atoms with Gasteiger partial charge < -0.3 is 19.3 Å². The van der Waals surface area contributed by atoms with E-state index in [2.05, 4.69) is 20.9 Å². The van der Waals surface area contributed by atoms with Gasteiger partial charge in [0.15, 0.2) is 11.5 Å². The van der Waals surface area contributed by atoms with Gasteiger partial charge in [-0.15, -0.1) is 0 Å². The summed E-state index contributed by atoms with van der Waals surface area (Å²) in [4.78, 5) is 22.4. The van der Waals surface area contributed by atoms with Gasteiger partial charge in [-0.2, -0.15) is 0 Å². The Labute approximate surface area is 166 Å². The highest BCUT2D eigenvalue weighted by atomic mass is 16.6. The predicted octanol–water partition coefficient (Wildman–Crippen LogP) is 2.52. The number of pyridine rings is 1. The summed E-state index contributed by atoms with van der Waals surface area (Å²) >= 11 is 0. The molecule has 3 rings (SSSR count). The van der Waals surface area contributed by atoms with Gasteiger partial charge in [-0.3, -0.25) is 4.90 Å². The third kappa shape index (κ3) is 5.13. The van der Waals surface area contributed by atoms with E-state index in [4.69, 9.17) is 9.47 Å². The second kappa shape index (κ2) is 9.41. The molecular weight excluding hydrogens is 356 g/mol. The first kappa shape index (κ1) is 19.9. The molecule has 7 heteroatoms. The summed E-state index contributed by atoms with van der Waals surface area (Å²) in [5.41, 5.74) is 1.16. The topological polar surface area (TPSA) is 58.1 Å². The van der Waals surface area contributed by atoms with Crippen molar-refractivity contribution in [1.82, 2.24) is 14.8 Å². The molecule has 0 saturated carbocycles. The summed E-state index contributed by atoms with van der Waals surface area (Å²) in [6.07, 6.45) is 2.34. The average Bonchev–Trinajstić information content (AvgIpc) is 2.73. The Balaban J connectivity index is 1.51. The molecule has 0 bridgehead atoms. The maximum atomic E-state index is 11.8. The smallest absolute Gasteiger partial charge is 0.414 e. The standard InChI is InChI=1S/C21H28N4O3/c1-23(2)21(26)28-18-8-7-17(16-19(18)27-3)9-11-24-12-14-25(15-13-24)20-6-4-5-10-22-20/h4-8,10,16H,9,11-15H2,1-3H3. The lowest BCUT2D eigenvalue weighted by molar-refractivity contribution is 0.170. The molecule has 150 valence electrons. The van der Waals surface area contributed by atoms with Crippen molar-refractivity contribution in [3.05, 3.63) is 48.2 Å². The number of piperazine rings is 1. The molecule has 1 aliphatic heterocycles. The van der Waals surface area contributed by atoms with Crippen molar-refractivity contribution in [3.63, 3.8) is 0 Å². The van der Waals surface area contributed by atoms with Crippen molar-refractivity contribution in [3.8, 4) is 11.5 Å². The highest BCUT2D eigenvalue weighted by Crippen LogP contribution is 2.28. The van der Waals surface area contributed by atoms with Crippen LogP contribution in [0.2, 0.25) is 0 Å². The largest absolute Gasteiger partial charge is 0.493 e. The monoisotopic (exact) mass is 384 g/mol. The van der Waals surface area contributed by atoms with Crippen molar-refractivity contribution >= 4 is 11.9 Å². The van der Waals surface area contributed by atoms with Crippen LogP contribution in [0.25, 0.3) is 0 Å². The van der Waals surface area contributed by atoms with Gasteiger partial charge in [0, 0.05) is 53.0 Å². The number of rotatable bonds is 6. The first-order valence-electron chi connectivity index (χ1n) is 9.51. The van der Waals surface area contributed by atoms with Crippen LogP contribution in [-0.4, -0.2) is 74.8 Å². The highest BCUT2D eigenvalue weighted by Gasteiger charge is 2.18. The van der Waals surface area contributed by atoms with Gasteiger partial charge in [-0.1, -0.05) is 12.1 Å². The van der Waals surface area contributed by atoms with Crippen LogP contribution >= 0.6 is 0 Å². The first-order valence-corrected chi connectivity index (χ1v) is 9.51. The average molecular weight is 384 g/mol. The summed E-state index contributed by atoms with van der Waals surface area (Å²) in [5, 5.41) is 0. The van der Waals surface area contributed by atoms with E-state index >= 15 is 0 Å². The maximum Gasteiger partial charge on any atom is 0.414 e. The zero-order valence-corrected chi connectivity index (χ0v) is 16.8. The lowest BCUT2D eigenvalue weighted by atomic mass is 10.1. The minimum atomic E-state index is -0.420. The third-order valence-electron chi connectivity index (χ3n) is 4.85. The molecule has 1 aliphatic rings. The maximum absolute atomic E-state index is 11.8. The second-order valence-corrected chi connectivity index (χ2v) is 7.01. The van der Waals surface area contributed by atoms with E-state index in [1.807, 2.05) is 30.5 Å². The number of methoxy groups -OCH3 is 1. The van der Waals surface area contributed by atoms with Gasteiger partial charge >= 0.3 is 6.09 Å². The molecule has 2 aromatic rings. The summed E-state index contributed by atoms with van der Waals surface area (Å²) in [6.45, 7) is 4.99. The molecule has 1 amide bonds. The fourth-order valence-electron chi connectivity index (χ4n) is 3.17. The van der Waals surface area contributed by atoms with Crippen LogP contribution in [0.5, 0.6) is 11.5 Å². The Morgan fingerprint density at radius 1 is 1.11 bits per heavy atom. The van der Waals surface area contributed by atoms with Crippen LogP contribution in [0.1, 0.15) is 5.56 Å². The zero-order valence-electron chi connectivity index (χ0n) is 16.8. The minimum Gasteiger partial charge on any atom is -0.493 e. The van der Waals surface area contributed by atoms with Crippen LogP contribution in [0.15, 0.2) is 42.6 Å². The summed E-state index contributed by atoms with van der Waals surface area (Å²) in [6, 6.07) is 11.8. The van der Waals surface area contributed by atoms with Gasteiger partial charge in [0.1, 0.15) is 5.82 Å². The molecule has 0 atom stereocenters. The lowest BCUT2D eigenvalue weighted by Gasteiger charge is -2.35. The number of ether oxygens (including phenoxy) is 2. The Kier molecular flexibility index (Phi) is 6.71. The van der Waals surface area contributed by atoms with Crippen molar-refractivity contribution in [1.29, 1.82) is 0 Å². The number of aromatic nitrogens is 1. The fraction of sp³-hybridized carbons (Fsp3) is 0.429. The summed E-state index contributed by atoms with van der Waals surface area (Å²) in [5.74, 6) is 2.07. The minimum absolute atomic E-state index is 0.420. The molecule has 0 radical (unpaired) electrons. The molecule has 0 spiro atoms. The number of carbonyl (C=O) groups excluding carboxylic acids is 1. The van der Waals surface area contributed by atoms with E-state index in [1.165, 1.54) is 4.90 Å². The third-order valence-corrected chi connectivity index (χ3v) is 4.85. The fourth-order valence-corrected chi connectivity index (χ4v) is 3.17. The Hall–Kier alpha value is -2.80. The molecule has 2 heterocycles. The molecule has 1 fully saturated rings. The van der Waals surface area contributed by atoms with Crippen molar-refractivity contribution in [2.75, 3.05) is 58.8 Å². The van der Waals surface area contributed by atoms with Crippen molar-refractivity contribution in [2.45, 2.75) is 6.42 Å². The molecule has 7 nitrogen and oxygen atoms in total. The lowest BCUT2D eigenvalue weighted by Crippen LogP contribution is -2.47. The van der Waals surface area contributed by atoms with Crippen molar-refractivity contribution < 1.29 is 14.3 Å². The van der Waals surface area contributed by atoms with E-state index in [0.29, 0.717) is 11.5 Å². The van der Waals surface area contributed by atoms with Crippen LogP contribution in [0.4, 0.5) is 10.6 Å². The molecule has 1 aromatic heterocycles. The summed E-state index contributed by atoms with van der Waals surface area (Å²) < 4.78 is 10.7. The van der Waals surface area contributed by atoms with E-state index in [0.717, 1.165) is 50.5 Å². The number of hydrogen-bond acceptors (Lipinski definition) is 6. The number of hydrogen-bond donors (Lipinski definition) is 0. The van der Waals surface area contributed by atoms with Gasteiger partial charge in [-0.05, 0) is 36.2 Å². The predicted molar refractivity (Wildman–Crippen MR) is 109 cm³/mol. The number of nitrogens with zero attached hydrogens (tertiary/aromatic N) is 4. The van der Waals surface area contributed by atoms with Crippen LogP contribution in [0, 0.1) is 0 Å². The number of anilines is 1. The number of carbonyl (C=O) groups is 1. The van der Waals surface area contributed by atoms with E-state index in [1.54, 1.807) is 27.3 Å². The SMILES string of the molecule is COc1cc(CCN2CCN(c3ccccn3)CC2)ccc1OC(=O)N(C)C. The van der Waals surface area contributed by atoms with E-state index in [9.17, 15) is 4.79 Å². The van der Waals surface area contributed by atoms with Gasteiger partial charge in [0.25, 0.3) is 0 Å². The molecular formula is C21H28N4O3. The molecule has 0 unspecified atom stereocenters. The van der Waals surface area contributed by atoms with Gasteiger partial charge in [0.2, 0.25) is 0 Å². The zero-order chi connectivity index (χ0) is 19.9. The summed E-state index contributed by atoms with van der Waals surface area (Å²) in [7, 11) is 4.89. The molecule has 1 aromatic carbocycles. The van der Waals surface area contributed by atoms with Crippen LogP contribution < -0.4 is 14.4 Å². The Morgan fingerprint density at radius 2 is 1.89 bits per heavy atom. The van der Waals surface area contributed by atoms with Crippen LogP contribution in [-0.2, 0) is 6.42 Å². The highest BCUT2D eigenvalue weighted by molar-refractivity contribution is 5.71. The second-order valence-electron chi connectivity index (χ2n) is 7.01. The first-order chi connectivity index (χ1) is 13.6. The molecule has 0 N–H and O–H groups in total. The quantitative estimate of drug-likeness (QED) is 0.763. The number of amides is 1. The molecule has 1 saturated heterocycles. The van der Waals surface area contributed by atoms with Crippen LogP contribution in [0.3, 0.4) is 0 Å². The Morgan fingerprint density at radius 3 is 2.54 bits per heavy atom. The van der Waals surface area contributed by atoms with Gasteiger partial charge in [0.05, 0.1) is 7.11 Å². The molecule has 0 aliphatic carbocycles. The number of benzene rings is 1.